The smallest absolute Gasteiger partial charge is 0.417 e. The number of alkyl halides is 3. The number of sulfone groups is 1. The van der Waals surface area contributed by atoms with Crippen LogP contribution in [0.25, 0.3) is 0 Å². The van der Waals surface area contributed by atoms with Crippen molar-refractivity contribution in [3.05, 3.63) is 41.2 Å². The number of hydrogen-bond donors (Lipinski definition) is 0. The van der Waals surface area contributed by atoms with Crippen LogP contribution < -0.4 is 0 Å². The Hall–Kier alpha value is -2.16. The number of ether oxygens (including phenoxy) is 1. The quantitative estimate of drug-likeness (QED) is 0.235. The van der Waals surface area contributed by atoms with Gasteiger partial charge in [-0.3, -0.25) is 9.59 Å². The number of hydrogen-bond acceptors (Lipinski definition) is 5. The largest absolute Gasteiger partial charge is 0.501 e. The average molecular weight is 390 g/mol. The lowest BCUT2D eigenvalue weighted by atomic mass is 9.95. The minimum Gasteiger partial charge on any atom is -0.501 e. The maximum atomic E-state index is 13.4. The summed E-state index contributed by atoms with van der Waals surface area (Å²) in [6.45, 7) is 1.73. The molecule has 1 fully saturated rings. The van der Waals surface area contributed by atoms with E-state index in [0.717, 1.165) is 24.7 Å². The van der Waals surface area contributed by atoms with Gasteiger partial charge in [0.05, 0.1) is 23.3 Å². The van der Waals surface area contributed by atoms with Crippen molar-refractivity contribution in [2.45, 2.75) is 30.8 Å². The molecule has 5 nitrogen and oxygen atoms in total. The first-order valence-electron chi connectivity index (χ1n) is 7.78. The second kappa shape index (κ2) is 7.22. The Labute approximate surface area is 148 Å². The van der Waals surface area contributed by atoms with Gasteiger partial charge in [-0.15, -0.1) is 0 Å². The van der Waals surface area contributed by atoms with Crippen LogP contribution in [-0.4, -0.2) is 32.8 Å². The van der Waals surface area contributed by atoms with Gasteiger partial charge in [0, 0.05) is 17.7 Å². The maximum absolute atomic E-state index is 13.4. The van der Waals surface area contributed by atoms with Crippen LogP contribution in [0.4, 0.5) is 13.2 Å². The fourth-order valence-electron chi connectivity index (χ4n) is 2.29. The van der Waals surface area contributed by atoms with Gasteiger partial charge < -0.3 is 4.74 Å². The number of halogens is 3. The minimum absolute atomic E-state index is 0.133. The summed E-state index contributed by atoms with van der Waals surface area (Å²) in [5.41, 5.74) is -2.66. The summed E-state index contributed by atoms with van der Waals surface area (Å²) in [5, 5.41) is 0. The van der Waals surface area contributed by atoms with Gasteiger partial charge in [0.2, 0.25) is 0 Å². The lowest BCUT2D eigenvalue weighted by Gasteiger charge is -2.14. The Morgan fingerprint density at radius 3 is 2.35 bits per heavy atom. The number of rotatable bonds is 7. The molecule has 142 valence electrons. The Balaban J connectivity index is 2.57. The van der Waals surface area contributed by atoms with E-state index < -0.39 is 55.1 Å². The molecule has 0 aromatic heterocycles. The number of carbonyl (C=O) groups is 2. The van der Waals surface area contributed by atoms with E-state index in [-0.39, 0.29) is 6.61 Å². The lowest BCUT2D eigenvalue weighted by Crippen LogP contribution is -2.20. The fraction of sp³-hybridized carbons (Fsp3) is 0.412. The minimum atomic E-state index is -4.97. The predicted molar refractivity (Wildman–Crippen MR) is 86.3 cm³/mol. The molecule has 1 aliphatic carbocycles. The third-order valence-corrected chi connectivity index (χ3v) is 4.91. The molecule has 0 atom stereocenters. The summed E-state index contributed by atoms with van der Waals surface area (Å²) in [7, 11) is -3.90. The first-order valence-corrected chi connectivity index (χ1v) is 9.68. The molecule has 0 N–H and O–H groups in total. The van der Waals surface area contributed by atoms with Crippen LogP contribution in [0.3, 0.4) is 0 Å². The van der Waals surface area contributed by atoms with E-state index in [1.807, 2.05) is 0 Å². The summed E-state index contributed by atoms with van der Waals surface area (Å²) in [5.74, 6) is -2.10. The van der Waals surface area contributed by atoms with Crippen molar-refractivity contribution in [1.82, 2.24) is 0 Å². The number of allylic oxidation sites excluding steroid dienone is 1. The zero-order valence-corrected chi connectivity index (χ0v) is 14.9. The summed E-state index contributed by atoms with van der Waals surface area (Å²) in [4.78, 5) is 24.3. The Kier molecular flexibility index (Phi) is 5.60. The first kappa shape index (κ1) is 20.2. The van der Waals surface area contributed by atoms with E-state index >= 15 is 0 Å². The number of benzene rings is 1. The van der Waals surface area contributed by atoms with E-state index in [1.165, 1.54) is 0 Å². The highest BCUT2D eigenvalue weighted by atomic mass is 32.2. The molecule has 1 aromatic carbocycles. The molecule has 0 spiro atoms. The van der Waals surface area contributed by atoms with Crippen LogP contribution in [0, 0.1) is 5.92 Å². The van der Waals surface area contributed by atoms with E-state index in [2.05, 4.69) is 0 Å². The molecule has 26 heavy (non-hydrogen) atoms. The van der Waals surface area contributed by atoms with Gasteiger partial charge >= 0.3 is 6.18 Å². The van der Waals surface area contributed by atoms with Crippen LogP contribution >= 0.6 is 0 Å². The standard InChI is InChI=1S/C17H17F3O5S/c1-3-25-9-13(15(21)10-4-5-10)16(22)12-7-6-11(26(2,23)24)8-14(12)17(18,19)20/h6-10H,3-5H2,1-2H3/b13-9-. The van der Waals surface area contributed by atoms with E-state index in [4.69, 9.17) is 4.74 Å². The third-order valence-electron chi connectivity index (χ3n) is 3.80. The summed E-state index contributed by atoms with van der Waals surface area (Å²) >= 11 is 0. The maximum Gasteiger partial charge on any atom is 0.417 e. The van der Waals surface area contributed by atoms with Crippen LogP contribution in [0.5, 0.6) is 0 Å². The molecule has 0 aliphatic heterocycles. The van der Waals surface area contributed by atoms with Crippen LogP contribution in [0.1, 0.15) is 35.7 Å². The molecule has 0 saturated heterocycles. The van der Waals surface area contributed by atoms with Crippen LogP contribution in [0.15, 0.2) is 34.9 Å². The topological polar surface area (TPSA) is 77.5 Å². The van der Waals surface area contributed by atoms with Crippen molar-refractivity contribution in [2.75, 3.05) is 12.9 Å². The summed E-state index contributed by atoms with van der Waals surface area (Å²) in [6, 6.07) is 2.10. The highest BCUT2D eigenvalue weighted by Gasteiger charge is 2.40. The van der Waals surface area contributed by atoms with Gasteiger partial charge in [0.25, 0.3) is 0 Å². The Morgan fingerprint density at radius 2 is 1.88 bits per heavy atom. The fourth-order valence-corrected chi connectivity index (χ4v) is 2.93. The van der Waals surface area contributed by atoms with Gasteiger partial charge in [-0.2, -0.15) is 13.2 Å². The molecule has 2 rings (SSSR count). The van der Waals surface area contributed by atoms with Gasteiger partial charge in [0.15, 0.2) is 21.4 Å². The Morgan fingerprint density at radius 1 is 1.27 bits per heavy atom. The molecule has 1 saturated carbocycles. The van der Waals surface area contributed by atoms with Crippen LogP contribution in [0.2, 0.25) is 0 Å². The number of carbonyl (C=O) groups excluding carboxylic acids is 2. The van der Waals surface area contributed by atoms with E-state index in [0.29, 0.717) is 18.9 Å². The lowest BCUT2D eigenvalue weighted by molar-refractivity contribution is -0.138. The predicted octanol–water partition coefficient (Wildman–Crippen LogP) is 3.19. The molecule has 1 aliphatic rings. The third kappa shape index (κ3) is 4.51. The van der Waals surface area contributed by atoms with Crippen molar-refractivity contribution in [3.8, 4) is 0 Å². The van der Waals surface area contributed by atoms with Crippen LogP contribution in [-0.2, 0) is 25.5 Å². The van der Waals surface area contributed by atoms with Crippen molar-refractivity contribution >= 4 is 21.4 Å². The molecule has 0 heterocycles. The van der Waals surface area contributed by atoms with Crippen molar-refractivity contribution in [2.24, 2.45) is 5.92 Å². The number of Topliss-reactive ketones (excluding diaryl/α,β-unsaturated/α-hetero) is 2. The van der Waals surface area contributed by atoms with Crippen molar-refractivity contribution in [3.63, 3.8) is 0 Å². The zero-order valence-electron chi connectivity index (χ0n) is 14.1. The second-order valence-corrected chi connectivity index (χ2v) is 7.95. The number of ketones is 2. The van der Waals surface area contributed by atoms with Gasteiger partial charge in [-0.25, -0.2) is 8.42 Å². The molecule has 1 aromatic rings. The normalized spacial score (nSPS) is 15.7. The van der Waals surface area contributed by atoms with E-state index in [9.17, 15) is 31.2 Å². The van der Waals surface area contributed by atoms with Gasteiger partial charge in [-0.05, 0) is 38.0 Å². The molecule has 9 heteroatoms. The molecule has 0 amide bonds. The van der Waals surface area contributed by atoms with Gasteiger partial charge in [-0.1, -0.05) is 0 Å². The van der Waals surface area contributed by atoms with Gasteiger partial charge in [0.1, 0.15) is 5.57 Å². The highest BCUT2D eigenvalue weighted by Crippen LogP contribution is 2.37. The molecular weight excluding hydrogens is 373 g/mol. The monoisotopic (exact) mass is 390 g/mol. The van der Waals surface area contributed by atoms with E-state index in [1.54, 1.807) is 6.92 Å². The zero-order chi connectivity index (χ0) is 19.7. The molecule has 0 bridgehead atoms. The second-order valence-electron chi connectivity index (χ2n) is 5.93. The van der Waals surface area contributed by atoms with Crippen molar-refractivity contribution < 1.29 is 35.9 Å². The first-order chi connectivity index (χ1) is 12.0. The highest BCUT2D eigenvalue weighted by molar-refractivity contribution is 7.90. The average Bonchev–Trinajstić information content (AvgIpc) is 3.37. The molecular formula is C17H17F3O5S. The van der Waals surface area contributed by atoms with Crippen molar-refractivity contribution in [1.29, 1.82) is 0 Å². The SMILES string of the molecule is CCO/C=C(\C(=O)c1ccc(S(C)(=O)=O)cc1C(F)(F)F)C(=O)C1CC1. The molecule has 0 radical (unpaired) electrons. The summed E-state index contributed by atoms with van der Waals surface area (Å²) < 4.78 is 68.2. The Bertz CT molecular complexity index is 865. The summed E-state index contributed by atoms with van der Waals surface area (Å²) in [6.07, 6.45) is -2.19. The molecule has 0 unspecified atom stereocenters.